The summed E-state index contributed by atoms with van der Waals surface area (Å²) in [5.74, 6) is 0.580. The molecule has 3 aromatic rings. The van der Waals surface area contributed by atoms with Crippen LogP contribution in [-0.2, 0) is 0 Å². The van der Waals surface area contributed by atoms with Crippen LogP contribution in [0.1, 0.15) is 6.92 Å². The van der Waals surface area contributed by atoms with Gasteiger partial charge in [0, 0.05) is 16.5 Å². The Morgan fingerprint density at radius 2 is 2.25 bits per heavy atom. The van der Waals surface area contributed by atoms with Crippen LogP contribution in [0, 0.1) is 0 Å². The number of hydrogen-bond donors (Lipinski definition) is 2. The van der Waals surface area contributed by atoms with Crippen molar-refractivity contribution in [3.63, 3.8) is 0 Å². The molecule has 0 radical (unpaired) electrons. The highest BCUT2D eigenvalue weighted by Crippen LogP contribution is 2.32. The smallest absolute Gasteiger partial charge is 0.225 e. The topological polar surface area (TPSA) is 66.5 Å². The summed E-state index contributed by atoms with van der Waals surface area (Å²) in [6.07, 6.45) is 1.62. The predicted molar refractivity (Wildman–Crippen MR) is 81.4 cm³/mol. The summed E-state index contributed by atoms with van der Waals surface area (Å²) in [6.45, 7) is 2.76. The third kappa shape index (κ3) is 2.71. The summed E-state index contributed by atoms with van der Waals surface area (Å²) in [5, 5.41) is 4.64. The van der Waals surface area contributed by atoms with Gasteiger partial charge in [0.25, 0.3) is 0 Å². The second kappa shape index (κ2) is 5.68. The van der Waals surface area contributed by atoms with E-state index in [-0.39, 0.29) is 0 Å². The molecule has 0 aliphatic heterocycles. The second-order valence-corrected chi connectivity index (χ2v) is 5.54. The number of nitrogens with one attached hydrogen (secondary N) is 2. The Kier molecular flexibility index (Phi) is 3.75. The molecule has 0 saturated carbocycles. The lowest BCUT2D eigenvalue weighted by atomic mass is 10.4. The van der Waals surface area contributed by atoms with Crippen LogP contribution < -0.4 is 5.32 Å². The van der Waals surface area contributed by atoms with Crippen molar-refractivity contribution in [1.29, 1.82) is 0 Å². The van der Waals surface area contributed by atoms with Gasteiger partial charge in [-0.15, -0.1) is 0 Å². The van der Waals surface area contributed by atoms with Crippen LogP contribution in [0.15, 0.2) is 40.5 Å². The molecule has 5 nitrogen and oxygen atoms in total. The number of nitrogens with zero attached hydrogens (tertiary/aromatic N) is 3. The van der Waals surface area contributed by atoms with E-state index in [0.29, 0.717) is 16.6 Å². The molecule has 2 heterocycles. The number of halogens is 1. The van der Waals surface area contributed by atoms with Crippen molar-refractivity contribution >= 4 is 40.5 Å². The fourth-order valence-corrected chi connectivity index (χ4v) is 2.95. The number of imidazole rings is 1. The van der Waals surface area contributed by atoms with Gasteiger partial charge in [-0.1, -0.05) is 29.4 Å². The normalized spacial score (nSPS) is 10.9. The van der Waals surface area contributed by atoms with Gasteiger partial charge in [0.1, 0.15) is 10.5 Å². The zero-order valence-electron chi connectivity index (χ0n) is 10.7. The van der Waals surface area contributed by atoms with Gasteiger partial charge in [-0.25, -0.2) is 9.97 Å². The standard InChI is InChI=1S/C13H12ClN5S/c1-2-15-13-18-11-10(16-7-17-11)12(19-13)20-9-5-3-4-8(14)6-9/h3-7H,2H2,1H3,(H2,15,16,17,18,19). The summed E-state index contributed by atoms with van der Waals surface area (Å²) < 4.78 is 0. The largest absolute Gasteiger partial charge is 0.354 e. The molecule has 20 heavy (non-hydrogen) atoms. The average Bonchev–Trinajstić information content (AvgIpc) is 2.87. The highest BCUT2D eigenvalue weighted by atomic mass is 35.5. The molecule has 0 amide bonds. The molecule has 0 atom stereocenters. The lowest BCUT2D eigenvalue weighted by Gasteiger charge is -2.06. The van der Waals surface area contributed by atoms with Gasteiger partial charge >= 0.3 is 0 Å². The zero-order valence-corrected chi connectivity index (χ0v) is 12.3. The lowest BCUT2D eigenvalue weighted by Crippen LogP contribution is -2.03. The van der Waals surface area contributed by atoms with Gasteiger partial charge < -0.3 is 10.3 Å². The van der Waals surface area contributed by atoms with Crippen molar-refractivity contribution in [2.75, 3.05) is 11.9 Å². The number of benzene rings is 1. The Morgan fingerprint density at radius 3 is 3.05 bits per heavy atom. The monoisotopic (exact) mass is 305 g/mol. The number of hydrogen-bond acceptors (Lipinski definition) is 5. The molecule has 0 bridgehead atoms. The van der Waals surface area contributed by atoms with Gasteiger partial charge in [-0.05, 0) is 25.1 Å². The molecule has 0 aliphatic carbocycles. The second-order valence-electron chi connectivity index (χ2n) is 4.04. The Balaban J connectivity index is 2.02. The van der Waals surface area contributed by atoms with Gasteiger partial charge in [0.15, 0.2) is 5.65 Å². The van der Waals surface area contributed by atoms with Gasteiger partial charge in [-0.2, -0.15) is 4.98 Å². The molecule has 1 aromatic carbocycles. The molecule has 7 heteroatoms. The van der Waals surface area contributed by atoms with Crippen LogP contribution >= 0.6 is 23.4 Å². The maximum absolute atomic E-state index is 6.01. The van der Waals surface area contributed by atoms with Crippen LogP contribution in [0.5, 0.6) is 0 Å². The van der Waals surface area contributed by atoms with Crippen molar-refractivity contribution in [3.05, 3.63) is 35.6 Å². The van der Waals surface area contributed by atoms with E-state index in [1.54, 1.807) is 6.33 Å². The van der Waals surface area contributed by atoms with E-state index in [1.165, 1.54) is 11.8 Å². The Labute approximate surface area is 125 Å². The van der Waals surface area contributed by atoms with E-state index in [0.717, 1.165) is 22.0 Å². The van der Waals surface area contributed by atoms with Crippen molar-refractivity contribution in [1.82, 2.24) is 19.9 Å². The molecule has 0 aliphatic rings. The van der Waals surface area contributed by atoms with Crippen molar-refractivity contribution in [2.24, 2.45) is 0 Å². The van der Waals surface area contributed by atoms with Crippen LogP contribution in [-0.4, -0.2) is 26.5 Å². The summed E-state index contributed by atoms with van der Waals surface area (Å²) in [6, 6.07) is 7.67. The first-order valence-corrected chi connectivity index (χ1v) is 7.34. The number of aromatic nitrogens is 4. The van der Waals surface area contributed by atoms with Crippen LogP contribution in [0.25, 0.3) is 11.2 Å². The van der Waals surface area contributed by atoms with E-state index in [2.05, 4.69) is 25.3 Å². The fourth-order valence-electron chi connectivity index (χ4n) is 1.76. The number of fused-ring (bicyclic) bond motifs is 1. The molecule has 0 spiro atoms. The maximum Gasteiger partial charge on any atom is 0.225 e. The van der Waals surface area contributed by atoms with Crippen molar-refractivity contribution < 1.29 is 0 Å². The highest BCUT2D eigenvalue weighted by molar-refractivity contribution is 7.99. The van der Waals surface area contributed by atoms with Crippen LogP contribution in [0.4, 0.5) is 5.95 Å². The lowest BCUT2D eigenvalue weighted by molar-refractivity contribution is 1.04. The van der Waals surface area contributed by atoms with Crippen LogP contribution in [0.3, 0.4) is 0 Å². The minimum Gasteiger partial charge on any atom is -0.354 e. The number of aromatic amines is 1. The highest BCUT2D eigenvalue weighted by Gasteiger charge is 2.11. The van der Waals surface area contributed by atoms with E-state index in [1.807, 2.05) is 31.2 Å². The van der Waals surface area contributed by atoms with Crippen molar-refractivity contribution in [3.8, 4) is 0 Å². The molecule has 0 fully saturated rings. The van der Waals surface area contributed by atoms with Gasteiger partial charge in [-0.3, -0.25) is 0 Å². The van der Waals surface area contributed by atoms with E-state index in [4.69, 9.17) is 11.6 Å². The number of rotatable bonds is 4. The molecule has 0 saturated heterocycles. The maximum atomic E-state index is 6.01. The quantitative estimate of drug-likeness (QED) is 0.721. The molecular weight excluding hydrogens is 294 g/mol. The molecule has 2 aromatic heterocycles. The molecule has 2 N–H and O–H groups in total. The third-order valence-electron chi connectivity index (χ3n) is 2.60. The van der Waals surface area contributed by atoms with Crippen molar-refractivity contribution in [2.45, 2.75) is 16.8 Å². The van der Waals surface area contributed by atoms with E-state index in [9.17, 15) is 0 Å². The molecule has 0 unspecified atom stereocenters. The first-order chi connectivity index (χ1) is 9.76. The summed E-state index contributed by atoms with van der Waals surface area (Å²) in [4.78, 5) is 17.1. The Bertz CT molecular complexity index is 742. The minimum atomic E-state index is 0.580. The Morgan fingerprint density at radius 1 is 1.35 bits per heavy atom. The first-order valence-electron chi connectivity index (χ1n) is 6.14. The number of H-pyrrole nitrogens is 1. The average molecular weight is 306 g/mol. The molecular formula is C13H12ClN5S. The van der Waals surface area contributed by atoms with E-state index >= 15 is 0 Å². The fraction of sp³-hybridized carbons (Fsp3) is 0.154. The summed E-state index contributed by atoms with van der Waals surface area (Å²) in [5.41, 5.74) is 1.48. The van der Waals surface area contributed by atoms with Gasteiger partial charge in [0.2, 0.25) is 5.95 Å². The predicted octanol–water partition coefficient (Wildman–Crippen LogP) is 3.59. The van der Waals surface area contributed by atoms with E-state index < -0.39 is 0 Å². The summed E-state index contributed by atoms with van der Waals surface area (Å²) in [7, 11) is 0. The first kappa shape index (κ1) is 13.2. The molecule has 3 rings (SSSR count). The SMILES string of the molecule is CCNc1nc(Sc2cccc(Cl)c2)c2[nH]cnc2n1. The Hall–Kier alpha value is -1.79. The van der Waals surface area contributed by atoms with Crippen LogP contribution in [0.2, 0.25) is 5.02 Å². The minimum absolute atomic E-state index is 0.580. The zero-order chi connectivity index (χ0) is 13.9. The third-order valence-corrected chi connectivity index (χ3v) is 3.81. The molecule has 102 valence electrons. The number of anilines is 1. The van der Waals surface area contributed by atoms with Gasteiger partial charge in [0.05, 0.1) is 6.33 Å². The summed E-state index contributed by atoms with van der Waals surface area (Å²) >= 11 is 7.54.